The Hall–Kier alpha value is -3.02. The van der Waals surface area contributed by atoms with Gasteiger partial charge in [0.15, 0.2) is 11.5 Å². The number of amides is 2. The van der Waals surface area contributed by atoms with Crippen LogP contribution in [0.15, 0.2) is 36.4 Å². The van der Waals surface area contributed by atoms with E-state index in [0.29, 0.717) is 29.4 Å². The van der Waals surface area contributed by atoms with Crippen LogP contribution in [-0.4, -0.2) is 32.1 Å². The Balaban J connectivity index is 1.94. The van der Waals surface area contributed by atoms with Gasteiger partial charge in [-0.3, -0.25) is 9.59 Å². The van der Waals surface area contributed by atoms with Crippen LogP contribution in [0.4, 0.5) is 5.69 Å². The van der Waals surface area contributed by atoms with Crippen LogP contribution in [0, 0.1) is 13.8 Å². The number of nitrogens with one attached hydrogen (secondary N) is 2. The molecular weight excluding hydrogens is 332 g/mol. The van der Waals surface area contributed by atoms with Crippen LogP contribution in [0.1, 0.15) is 28.4 Å². The van der Waals surface area contributed by atoms with Crippen molar-refractivity contribution < 1.29 is 19.1 Å². The standard InChI is InChI=1S/C20H24N2O4/c1-5-26-17-9-8-16(11-18(17)25-4)22-19(23)12-21-20(24)15-7-6-13(2)14(3)10-15/h6-11H,5,12H2,1-4H3,(H,21,24)(H,22,23). The van der Waals surface area contributed by atoms with Gasteiger partial charge in [0.05, 0.1) is 20.3 Å². The molecule has 0 saturated heterocycles. The lowest BCUT2D eigenvalue weighted by Gasteiger charge is -2.12. The molecule has 0 aromatic heterocycles. The Morgan fingerprint density at radius 2 is 1.77 bits per heavy atom. The molecule has 26 heavy (non-hydrogen) atoms. The maximum absolute atomic E-state index is 12.2. The van der Waals surface area contributed by atoms with Crippen LogP contribution in [-0.2, 0) is 4.79 Å². The third-order valence-corrected chi connectivity index (χ3v) is 3.93. The van der Waals surface area contributed by atoms with E-state index in [1.54, 1.807) is 30.3 Å². The van der Waals surface area contributed by atoms with Crippen molar-refractivity contribution in [2.45, 2.75) is 20.8 Å². The molecule has 0 aliphatic rings. The van der Waals surface area contributed by atoms with Crippen molar-refractivity contribution in [1.29, 1.82) is 0 Å². The number of carbonyl (C=O) groups is 2. The van der Waals surface area contributed by atoms with Gasteiger partial charge in [-0.15, -0.1) is 0 Å². The number of hydrogen-bond acceptors (Lipinski definition) is 4. The molecule has 0 fully saturated rings. The SMILES string of the molecule is CCOc1ccc(NC(=O)CNC(=O)c2ccc(C)c(C)c2)cc1OC. The van der Waals surface area contributed by atoms with Crippen molar-refractivity contribution in [1.82, 2.24) is 5.32 Å². The van der Waals surface area contributed by atoms with E-state index in [4.69, 9.17) is 9.47 Å². The van der Waals surface area contributed by atoms with Crippen LogP contribution in [0.3, 0.4) is 0 Å². The number of rotatable bonds is 7. The van der Waals surface area contributed by atoms with E-state index >= 15 is 0 Å². The van der Waals surface area contributed by atoms with Gasteiger partial charge in [-0.05, 0) is 56.2 Å². The minimum Gasteiger partial charge on any atom is -0.493 e. The molecule has 6 heteroatoms. The fraction of sp³-hybridized carbons (Fsp3) is 0.300. The molecule has 0 bridgehead atoms. The van der Waals surface area contributed by atoms with Crippen molar-refractivity contribution in [2.75, 3.05) is 25.6 Å². The van der Waals surface area contributed by atoms with Crippen molar-refractivity contribution >= 4 is 17.5 Å². The molecule has 0 heterocycles. The summed E-state index contributed by atoms with van der Waals surface area (Å²) in [6, 6.07) is 10.6. The Bertz CT molecular complexity index is 802. The zero-order chi connectivity index (χ0) is 19.1. The lowest BCUT2D eigenvalue weighted by atomic mass is 10.1. The molecule has 2 rings (SSSR count). The summed E-state index contributed by atoms with van der Waals surface area (Å²) >= 11 is 0. The number of carbonyl (C=O) groups excluding carboxylic acids is 2. The van der Waals surface area contributed by atoms with E-state index in [1.807, 2.05) is 26.8 Å². The minimum atomic E-state index is -0.326. The Morgan fingerprint density at radius 1 is 1.00 bits per heavy atom. The molecule has 0 radical (unpaired) electrons. The summed E-state index contributed by atoms with van der Waals surface area (Å²) < 4.78 is 10.7. The van der Waals surface area contributed by atoms with Crippen molar-refractivity contribution in [3.63, 3.8) is 0 Å². The second-order valence-corrected chi connectivity index (χ2v) is 5.83. The van der Waals surface area contributed by atoms with Crippen LogP contribution < -0.4 is 20.1 Å². The van der Waals surface area contributed by atoms with Gasteiger partial charge in [-0.1, -0.05) is 6.07 Å². The Labute approximate surface area is 153 Å². The average Bonchev–Trinajstić information content (AvgIpc) is 2.63. The van der Waals surface area contributed by atoms with E-state index in [1.165, 1.54) is 7.11 Å². The molecule has 0 aliphatic heterocycles. The molecule has 0 spiro atoms. The highest BCUT2D eigenvalue weighted by Gasteiger charge is 2.11. The van der Waals surface area contributed by atoms with E-state index in [0.717, 1.165) is 11.1 Å². The lowest BCUT2D eigenvalue weighted by Crippen LogP contribution is -2.32. The van der Waals surface area contributed by atoms with Crippen LogP contribution in [0.25, 0.3) is 0 Å². The first-order valence-electron chi connectivity index (χ1n) is 8.40. The summed E-state index contributed by atoms with van der Waals surface area (Å²) in [5.74, 6) is 0.528. The molecule has 2 N–H and O–H groups in total. The highest BCUT2D eigenvalue weighted by atomic mass is 16.5. The van der Waals surface area contributed by atoms with Gasteiger partial charge in [-0.2, -0.15) is 0 Å². The van der Waals surface area contributed by atoms with Crippen molar-refractivity contribution in [2.24, 2.45) is 0 Å². The quantitative estimate of drug-likeness (QED) is 0.799. The number of hydrogen-bond donors (Lipinski definition) is 2. The van der Waals surface area contributed by atoms with Gasteiger partial charge in [0, 0.05) is 17.3 Å². The summed E-state index contributed by atoms with van der Waals surface area (Å²) in [5.41, 5.74) is 3.24. The van der Waals surface area contributed by atoms with Gasteiger partial charge in [0.2, 0.25) is 5.91 Å². The van der Waals surface area contributed by atoms with Crippen molar-refractivity contribution in [3.8, 4) is 11.5 Å². The summed E-state index contributed by atoms with van der Waals surface area (Å²) in [5, 5.41) is 5.34. The van der Waals surface area contributed by atoms with E-state index in [2.05, 4.69) is 10.6 Å². The second kappa shape index (κ2) is 8.89. The van der Waals surface area contributed by atoms with E-state index < -0.39 is 0 Å². The third kappa shape index (κ3) is 4.99. The summed E-state index contributed by atoms with van der Waals surface area (Å²) in [6.07, 6.45) is 0. The molecular formula is C20H24N2O4. The third-order valence-electron chi connectivity index (χ3n) is 3.93. The zero-order valence-electron chi connectivity index (χ0n) is 15.5. The van der Waals surface area contributed by atoms with Crippen LogP contribution in [0.2, 0.25) is 0 Å². The summed E-state index contributed by atoms with van der Waals surface area (Å²) in [4.78, 5) is 24.2. The molecule has 0 unspecified atom stereocenters. The Kier molecular flexibility index (Phi) is 6.60. The second-order valence-electron chi connectivity index (χ2n) is 5.83. The van der Waals surface area contributed by atoms with Gasteiger partial charge in [-0.25, -0.2) is 0 Å². The number of benzene rings is 2. The van der Waals surface area contributed by atoms with Gasteiger partial charge in [0.25, 0.3) is 5.91 Å². The molecule has 0 atom stereocenters. The molecule has 2 amide bonds. The number of methoxy groups -OCH3 is 1. The molecule has 0 saturated carbocycles. The molecule has 6 nitrogen and oxygen atoms in total. The van der Waals surface area contributed by atoms with Crippen LogP contribution >= 0.6 is 0 Å². The molecule has 0 aliphatic carbocycles. The maximum atomic E-state index is 12.2. The van der Waals surface area contributed by atoms with Crippen molar-refractivity contribution in [3.05, 3.63) is 53.1 Å². The first-order chi connectivity index (χ1) is 12.4. The largest absolute Gasteiger partial charge is 0.493 e. The smallest absolute Gasteiger partial charge is 0.251 e. The molecule has 138 valence electrons. The Morgan fingerprint density at radius 3 is 2.42 bits per heavy atom. The first kappa shape index (κ1) is 19.3. The average molecular weight is 356 g/mol. The number of ether oxygens (including phenoxy) is 2. The van der Waals surface area contributed by atoms with Gasteiger partial charge < -0.3 is 20.1 Å². The monoisotopic (exact) mass is 356 g/mol. The molecule has 2 aromatic carbocycles. The van der Waals surface area contributed by atoms with Crippen LogP contribution in [0.5, 0.6) is 11.5 Å². The molecule has 2 aromatic rings. The summed E-state index contributed by atoms with van der Waals surface area (Å²) in [6.45, 7) is 6.20. The fourth-order valence-electron chi connectivity index (χ4n) is 2.37. The highest BCUT2D eigenvalue weighted by Crippen LogP contribution is 2.30. The minimum absolute atomic E-state index is 0.124. The predicted octanol–water partition coefficient (Wildman–Crippen LogP) is 3.08. The predicted molar refractivity (Wildman–Crippen MR) is 101 cm³/mol. The first-order valence-corrected chi connectivity index (χ1v) is 8.40. The lowest BCUT2D eigenvalue weighted by molar-refractivity contribution is -0.115. The van der Waals surface area contributed by atoms with E-state index in [9.17, 15) is 9.59 Å². The topological polar surface area (TPSA) is 76.7 Å². The normalized spacial score (nSPS) is 10.2. The highest BCUT2D eigenvalue weighted by molar-refractivity contribution is 5.99. The summed E-state index contributed by atoms with van der Waals surface area (Å²) in [7, 11) is 1.53. The number of anilines is 1. The maximum Gasteiger partial charge on any atom is 0.251 e. The van der Waals surface area contributed by atoms with Gasteiger partial charge in [0.1, 0.15) is 0 Å². The van der Waals surface area contributed by atoms with Gasteiger partial charge >= 0.3 is 0 Å². The zero-order valence-corrected chi connectivity index (χ0v) is 15.5. The number of aryl methyl sites for hydroxylation is 2. The fourth-order valence-corrected chi connectivity index (χ4v) is 2.37. The van der Waals surface area contributed by atoms with E-state index in [-0.39, 0.29) is 18.4 Å².